The number of nitrogens with zero attached hydrogens (tertiary/aromatic N) is 2. The molecule has 1 N–H and O–H groups in total. The summed E-state index contributed by atoms with van der Waals surface area (Å²) in [5, 5.41) is 5.44. The summed E-state index contributed by atoms with van der Waals surface area (Å²) in [6, 6.07) is 14.4. The molecule has 2 aliphatic rings. The van der Waals surface area contributed by atoms with E-state index in [1.54, 1.807) is 0 Å². The van der Waals surface area contributed by atoms with E-state index in [9.17, 15) is 0 Å². The third-order valence-electron chi connectivity index (χ3n) is 5.25. The van der Waals surface area contributed by atoms with Gasteiger partial charge in [-0.15, -0.1) is 11.3 Å². The number of benzene rings is 2. The molecule has 7 heteroatoms. The predicted molar refractivity (Wildman–Crippen MR) is 115 cm³/mol. The molecule has 28 heavy (non-hydrogen) atoms. The second-order valence-electron chi connectivity index (χ2n) is 7.15. The highest BCUT2D eigenvalue weighted by molar-refractivity contribution is 7.80. The Morgan fingerprint density at radius 3 is 3.04 bits per heavy atom. The van der Waals surface area contributed by atoms with Gasteiger partial charge in [0.15, 0.2) is 16.6 Å². The van der Waals surface area contributed by atoms with Crippen molar-refractivity contribution in [2.24, 2.45) is 0 Å². The number of ether oxygens (including phenoxy) is 2. The number of rotatable bonds is 3. The van der Waals surface area contributed by atoms with Crippen LogP contribution in [0.25, 0.3) is 10.2 Å². The van der Waals surface area contributed by atoms with Gasteiger partial charge in [0.25, 0.3) is 0 Å². The minimum atomic E-state index is 0.297. The van der Waals surface area contributed by atoms with Gasteiger partial charge in [-0.1, -0.05) is 18.2 Å². The largest absolute Gasteiger partial charge is 0.454 e. The molecule has 0 spiro atoms. The van der Waals surface area contributed by atoms with Crippen LogP contribution in [0.1, 0.15) is 29.3 Å². The van der Waals surface area contributed by atoms with E-state index < -0.39 is 0 Å². The molecule has 5 nitrogen and oxygen atoms in total. The first-order chi connectivity index (χ1) is 13.8. The number of likely N-dealkylation sites (tertiary alicyclic amines) is 1. The van der Waals surface area contributed by atoms with E-state index in [4.69, 9.17) is 26.7 Å². The maximum Gasteiger partial charge on any atom is 0.231 e. The Morgan fingerprint density at radius 2 is 2.11 bits per heavy atom. The predicted octanol–water partition coefficient (Wildman–Crippen LogP) is 4.28. The molecule has 0 aliphatic carbocycles. The summed E-state index contributed by atoms with van der Waals surface area (Å²) in [6.07, 6.45) is 2.30. The van der Waals surface area contributed by atoms with Crippen molar-refractivity contribution in [3.8, 4) is 11.5 Å². The number of hydrogen-bond acceptors (Lipinski definition) is 5. The zero-order chi connectivity index (χ0) is 18.9. The molecular weight excluding hydrogens is 390 g/mol. The van der Waals surface area contributed by atoms with Crippen molar-refractivity contribution in [2.75, 3.05) is 19.9 Å². The Labute approximate surface area is 173 Å². The summed E-state index contributed by atoms with van der Waals surface area (Å²) >= 11 is 7.49. The second-order valence-corrected chi connectivity index (χ2v) is 8.60. The van der Waals surface area contributed by atoms with Gasteiger partial charge in [-0.25, -0.2) is 4.98 Å². The van der Waals surface area contributed by atoms with Gasteiger partial charge in [0.05, 0.1) is 15.2 Å². The van der Waals surface area contributed by atoms with E-state index in [1.165, 1.54) is 16.1 Å². The molecule has 2 aromatic carbocycles. The van der Waals surface area contributed by atoms with E-state index in [2.05, 4.69) is 28.4 Å². The first kappa shape index (κ1) is 17.7. The monoisotopic (exact) mass is 411 g/mol. The molecule has 0 amide bonds. The van der Waals surface area contributed by atoms with Crippen molar-refractivity contribution in [1.82, 2.24) is 15.2 Å². The summed E-state index contributed by atoms with van der Waals surface area (Å²) in [4.78, 5) is 7.14. The van der Waals surface area contributed by atoms with Crippen molar-refractivity contribution in [1.29, 1.82) is 0 Å². The third kappa shape index (κ3) is 3.52. The maximum atomic E-state index is 5.68. The second kappa shape index (κ2) is 7.56. The van der Waals surface area contributed by atoms with Crippen LogP contribution in [0.4, 0.5) is 0 Å². The first-order valence-corrected chi connectivity index (χ1v) is 10.8. The van der Waals surface area contributed by atoms with Crippen LogP contribution in [-0.2, 0) is 6.54 Å². The van der Waals surface area contributed by atoms with Gasteiger partial charge in [-0.05, 0) is 54.9 Å². The van der Waals surface area contributed by atoms with Crippen LogP contribution in [0.5, 0.6) is 11.5 Å². The van der Waals surface area contributed by atoms with Crippen molar-refractivity contribution in [3.63, 3.8) is 0 Å². The third-order valence-corrected chi connectivity index (χ3v) is 6.85. The SMILES string of the molecule is S=C(NCc1ccc2c(c1)OCO2)N1CCC[C@@H](c2nc3ccccc3s2)C1. The number of fused-ring (bicyclic) bond motifs is 2. The van der Waals surface area contributed by atoms with Crippen molar-refractivity contribution >= 4 is 38.9 Å². The average Bonchev–Trinajstić information content (AvgIpc) is 3.38. The fourth-order valence-electron chi connectivity index (χ4n) is 3.77. The number of hydrogen-bond donors (Lipinski definition) is 1. The zero-order valence-electron chi connectivity index (χ0n) is 15.4. The lowest BCUT2D eigenvalue weighted by Gasteiger charge is -2.33. The molecule has 0 unspecified atom stereocenters. The molecule has 1 fully saturated rings. The van der Waals surface area contributed by atoms with Crippen LogP contribution in [0, 0.1) is 0 Å². The molecule has 1 aromatic heterocycles. The van der Waals surface area contributed by atoms with E-state index in [0.717, 1.165) is 47.2 Å². The van der Waals surface area contributed by atoms with Gasteiger partial charge >= 0.3 is 0 Å². The van der Waals surface area contributed by atoms with Gasteiger partial charge < -0.3 is 19.7 Å². The molecule has 1 atom stereocenters. The Bertz CT molecular complexity index is 987. The lowest BCUT2D eigenvalue weighted by molar-refractivity contribution is 0.174. The lowest BCUT2D eigenvalue weighted by Crippen LogP contribution is -2.44. The van der Waals surface area contributed by atoms with E-state index in [0.29, 0.717) is 19.3 Å². The smallest absolute Gasteiger partial charge is 0.231 e. The Kier molecular flexibility index (Phi) is 4.78. The first-order valence-electron chi connectivity index (χ1n) is 9.53. The van der Waals surface area contributed by atoms with Crippen LogP contribution in [0.15, 0.2) is 42.5 Å². The van der Waals surface area contributed by atoms with Crippen molar-refractivity contribution < 1.29 is 9.47 Å². The fourth-order valence-corrected chi connectivity index (χ4v) is 5.10. The highest BCUT2D eigenvalue weighted by Gasteiger charge is 2.25. The van der Waals surface area contributed by atoms with Crippen LogP contribution >= 0.6 is 23.6 Å². The summed E-state index contributed by atoms with van der Waals surface area (Å²) in [7, 11) is 0. The Hall–Kier alpha value is -2.38. The number of aromatic nitrogens is 1. The van der Waals surface area contributed by atoms with Crippen LogP contribution in [0.2, 0.25) is 0 Å². The maximum absolute atomic E-state index is 5.68. The summed E-state index contributed by atoms with van der Waals surface area (Å²) in [6.45, 7) is 2.89. The normalized spacial score (nSPS) is 18.4. The van der Waals surface area contributed by atoms with E-state index in [1.807, 2.05) is 35.6 Å². The van der Waals surface area contributed by atoms with Crippen LogP contribution in [-0.4, -0.2) is 34.9 Å². The minimum Gasteiger partial charge on any atom is -0.454 e. The summed E-state index contributed by atoms with van der Waals surface area (Å²) < 4.78 is 12.1. The minimum absolute atomic E-state index is 0.297. The zero-order valence-corrected chi connectivity index (χ0v) is 17.0. The van der Waals surface area contributed by atoms with E-state index >= 15 is 0 Å². The number of nitrogens with one attached hydrogen (secondary N) is 1. The van der Waals surface area contributed by atoms with Crippen LogP contribution in [0.3, 0.4) is 0 Å². The number of thiazole rings is 1. The van der Waals surface area contributed by atoms with Crippen LogP contribution < -0.4 is 14.8 Å². The molecule has 0 bridgehead atoms. The van der Waals surface area contributed by atoms with Gasteiger partial charge in [0.1, 0.15) is 0 Å². The van der Waals surface area contributed by atoms with Gasteiger partial charge in [0, 0.05) is 25.6 Å². The molecule has 5 rings (SSSR count). The summed E-state index contributed by atoms with van der Waals surface area (Å²) in [5.74, 6) is 2.05. The van der Waals surface area contributed by atoms with Gasteiger partial charge in [-0.3, -0.25) is 0 Å². The molecule has 3 heterocycles. The standard InChI is InChI=1S/C21H21N3O2S2/c27-21(22-11-14-7-8-17-18(10-14)26-13-25-17)24-9-3-4-15(12-24)20-23-16-5-1-2-6-19(16)28-20/h1-2,5-8,10,15H,3-4,9,11-13H2,(H,22,27)/t15-/m1/s1. The molecule has 144 valence electrons. The Balaban J connectivity index is 1.22. The molecule has 3 aromatic rings. The topological polar surface area (TPSA) is 46.6 Å². The average molecular weight is 412 g/mol. The molecule has 2 aliphatic heterocycles. The molecule has 1 saturated heterocycles. The quantitative estimate of drug-likeness (QED) is 0.649. The highest BCUT2D eigenvalue weighted by atomic mass is 32.1. The number of para-hydroxylation sites is 1. The van der Waals surface area contributed by atoms with Gasteiger partial charge in [0.2, 0.25) is 6.79 Å². The highest BCUT2D eigenvalue weighted by Crippen LogP contribution is 2.34. The molecule has 0 saturated carbocycles. The fraction of sp³-hybridized carbons (Fsp3) is 0.333. The molecular formula is C21H21N3O2S2. The number of thiocarbonyl (C=S) groups is 1. The number of piperidine rings is 1. The Morgan fingerprint density at radius 1 is 1.21 bits per heavy atom. The summed E-state index contributed by atoms with van der Waals surface area (Å²) in [5.41, 5.74) is 2.23. The van der Waals surface area contributed by atoms with Crippen molar-refractivity contribution in [2.45, 2.75) is 25.3 Å². The lowest BCUT2D eigenvalue weighted by atomic mass is 9.99. The van der Waals surface area contributed by atoms with Gasteiger partial charge in [-0.2, -0.15) is 0 Å². The van der Waals surface area contributed by atoms with Crippen molar-refractivity contribution in [3.05, 3.63) is 53.0 Å². The molecule has 0 radical (unpaired) electrons. The van der Waals surface area contributed by atoms with E-state index in [-0.39, 0.29) is 0 Å².